The minimum absolute atomic E-state index is 0.0161. The van der Waals surface area contributed by atoms with Gasteiger partial charge < -0.3 is 14.7 Å². The zero-order valence-electron chi connectivity index (χ0n) is 7.82. The third kappa shape index (κ3) is 5.66. The number of nitrogens with zero attached hydrogens (tertiary/aromatic N) is 1. The van der Waals surface area contributed by atoms with Gasteiger partial charge in [-0.2, -0.15) is 0 Å². The van der Waals surface area contributed by atoms with E-state index in [0.717, 1.165) is 0 Å². The summed E-state index contributed by atoms with van der Waals surface area (Å²) in [7, 11) is 1.46. The molecule has 1 N–H and O–H groups in total. The molecule has 0 saturated carbocycles. The fourth-order valence-corrected chi connectivity index (χ4v) is 0.539. The van der Waals surface area contributed by atoms with Crippen LogP contribution in [0.2, 0.25) is 0 Å². The normalized spacial score (nSPS) is 8.07. The van der Waals surface area contributed by atoms with Gasteiger partial charge in [-0.05, 0) is 0 Å². The van der Waals surface area contributed by atoms with Crippen LogP contribution in [0.15, 0.2) is 12.7 Å². The monoisotopic (exact) mass is 197 g/mol. The van der Waals surface area contributed by atoms with Crippen molar-refractivity contribution in [2.24, 2.45) is 0 Å². The number of hydrogen-bond acceptors (Lipinski definition) is 3. The molecule has 0 unspecified atom stereocenters. The van der Waals surface area contributed by atoms with Crippen molar-refractivity contribution in [3.05, 3.63) is 12.7 Å². The fraction of sp³-hybridized carbons (Fsp3) is 0.333. The van der Waals surface area contributed by atoms with Gasteiger partial charge in [-0.1, -0.05) is 18.6 Å². The van der Waals surface area contributed by atoms with Gasteiger partial charge >= 0.3 is 12.1 Å². The summed E-state index contributed by atoms with van der Waals surface area (Å²) in [6, 6.07) is 0. The van der Waals surface area contributed by atoms with Crippen molar-refractivity contribution in [1.82, 2.24) is 4.90 Å². The largest absolute Gasteiger partial charge is 0.472 e. The maximum Gasteiger partial charge on any atom is 0.410 e. The molecular formula is C9H11NO4. The summed E-state index contributed by atoms with van der Waals surface area (Å²) in [4.78, 5) is 22.2. The Morgan fingerprint density at radius 1 is 1.64 bits per heavy atom. The third-order valence-corrected chi connectivity index (χ3v) is 1.15. The summed E-state index contributed by atoms with van der Waals surface area (Å²) in [5.74, 6) is 2.95. The Balaban J connectivity index is 3.91. The van der Waals surface area contributed by atoms with Crippen LogP contribution in [0, 0.1) is 11.8 Å². The van der Waals surface area contributed by atoms with Crippen LogP contribution in [0.1, 0.15) is 0 Å². The molecule has 14 heavy (non-hydrogen) atoms. The van der Waals surface area contributed by atoms with E-state index in [1.54, 1.807) is 0 Å². The third-order valence-electron chi connectivity index (χ3n) is 1.15. The average Bonchev–Trinajstić information content (AvgIpc) is 2.13. The van der Waals surface area contributed by atoms with Crippen LogP contribution in [0.4, 0.5) is 4.79 Å². The van der Waals surface area contributed by atoms with Crippen molar-refractivity contribution in [3.8, 4) is 11.8 Å². The van der Waals surface area contributed by atoms with Crippen LogP contribution in [0.5, 0.6) is 0 Å². The van der Waals surface area contributed by atoms with Gasteiger partial charge in [0.05, 0.1) is 6.54 Å². The van der Waals surface area contributed by atoms with Crippen LogP contribution >= 0.6 is 0 Å². The molecule has 0 aromatic rings. The maximum absolute atomic E-state index is 11.0. The first kappa shape index (κ1) is 12.0. The number of carbonyl (C=O) groups excluding carboxylic acids is 1. The molecule has 0 bridgehead atoms. The molecule has 5 nitrogen and oxygen atoms in total. The van der Waals surface area contributed by atoms with E-state index in [4.69, 9.17) is 5.11 Å². The number of carboxylic acid groups (broad SMARTS) is 1. The Morgan fingerprint density at radius 2 is 2.29 bits per heavy atom. The smallest absolute Gasteiger partial charge is 0.410 e. The average molecular weight is 197 g/mol. The molecule has 0 radical (unpaired) electrons. The SMILES string of the molecule is C=CCOC(=O)N(C)CC#CC(=O)O. The lowest BCUT2D eigenvalue weighted by atomic mass is 10.5. The summed E-state index contributed by atoms with van der Waals surface area (Å²) >= 11 is 0. The molecule has 0 atom stereocenters. The number of carboxylic acids is 1. The second-order valence-corrected chi connectivity index (χ2v) is 2.33. The zero-order chi connectivity index (χ0) is 11.0. The van der Waals surface area contributed by atoms with Crippen molar-refractivity contribution < 1.29 is 19.4 Å². The van der Waals surface area contributed by atoms with Crippen LogP contribution in [-0.2, 0) is 9.53 Å². The highest BCUT2D eigenvalue weighted by molar-refractivity contribution is 5.86. The molecule has 0 aliphatic heterocycles. The van der Waals surface area contributed by atoms with Crippen molar-refractivity contribution in [1.29, 1.82) is 0 Å². The highest BCUT2D eigenvalue weighted by Crippen LogP contribution is 1.88. The van der Waals surface area contributed by atoms with E-state index < -0.39 is 12.1 Å². The lowest BCUT2D eigenvalue weighted by Crippen LogP contribution is -2.27. The lowest BCUT2D eigenvalue weighted by molar-refractivity contribution is -0.130. The topological polar surface area (TPSA) is 66.8 Å². The van der Waals surface area contributed by atoms with Crippen molar-refractivity contribution in [3.63, 3.8) is 0 Å². The van der Waals surface area contributed by atoms with E-state index in [-0.39, 0.29) is 13.2 Å². The number of amides is 1. The van der Waals surface area contributed by atoms with Crippen LogP contribution in [0.3, 0.4) is 0 Å². The van der Waals surface area contributed by atoms with Crippen molar-refractivity contribution >= 4 is 12.1 Å². The molecule has 76 valence electrons. The Hall–Kier alpha value is -1.96. The summed E-state index contributed by atoms with van der Waals surface area (Å²) in [5, 5.41) is 8.18. The van der Waals surface area contributed by atoms with E-state index in [1.807, 2.05) is 5.92 Å². The molecule has 1 amide bonds. The highest BCUT2D eigenvalue weighted by atomic mass is 16.6. The van der Waals surface area contributed by atoms with E-state index in [1.165, 1.54) is 18.0 Å². The van der Waals surface area contributed by atoms with Gasteiger partial charge in [-0.15, -0.1) is 0 Å². The van der Waals surface area contributed by atoms with Gasteiger partial charge in [0.1, 0.15) is 6.61 Å². The van der Waals surface area contributed by atoms with Crippen molar-refractivity contribution in [2.45, 2.75) is 0 Å². The molecule has 0 aliphatic carbocycles. The highest BCUT2D eigenvalue weighted by Gasteiger charge is 2.06. The molecule has 0 rings (SSSR count). The molecule has 0 spiro atoms. The summed E-state index contributed by atoms with van der Waals surface area (Å²) in [6.45, 7) is 3.51. The lowest BCUT2D eigenvalue weighted by Gasteiger charge is -2.12. The van der Waals surface area contributed by atoms with Crippen LogP contribution in [0.25, 0.3) is 0 Å². The van der Waals surface area contributed by atoms with E-state index in [2.05, 4.69) is 17.2 Å². The second kappa shape index (κ2) is 6.54. The minimum Gasteiger partial charge on any atom is -0.472 e. The van der Waals surface area contributed by atoms with Gasteiger partial charge in [0.25, 0.3) is 0 Å². The molecule has 0 aromatic carbocycles. The van der Waals surface area contributed by atoms with Gasteiger partial charge in [0.2, 0.25) is 0 Å². The summed E-state index contributed by atoms with van der Waals surface area (Å²) in [5.41, 5.74) is 0. The first-order chi connectivity index (χ1) is 6.57. The predicted molar refractivity (Wildman–Crippen MR) is 49.6 cm³/mol. The quantitative estimate of drug-likeness (QED) is 0.523. The van der Waals surface area contributed by atoms with E-state index in [9.17, 15) is 9.59 Å². The second-order valence-electron chi connectivity index (χ2n) is 2.33. The number of aliphatic carboxylic acids is 1. The Morgan fingerprint density at radius 3 is 2.79 bits per heavy atom. The maximum atomic E-state index is 11.0. The van der Waals surface area contributed by atoms with Gasteiger partial charge in [-0.3, -0.25) is 0 Å². The zero-order valence-corrected chi connectivity index (χ0v) is 7.82. The Bertz CT molecular complexity index is 287. The molecule has 0 heterocycles. The molecule has 0 fully saturated rings. The van der Waals surface area contributed by atoms with Crippen molar-refractivity contribution in [2.75, 3.05) is 20.2 Å². The standard InChI is InChI=1S/C9H11NO4/c1-3-7-14-9(13)10(2)6-4-5-8(11)12/h3H,1,6-7H2,2H3,(H,11,12). The Kier molecular flexibility index (Phi) is 5.63. The number of carbonyl (C=O) groups is 2. The molecular weight excluding hydrogens is 186 g/mol. The Labute approximate surface area is 82.0 Å². The summed E-state index contributed by atoms with van der Waals surface area (Å²) < 4.78 is 4.66. The van der Waals surface area contributed by atoms with E-state index in [0.29, 0.717) is 0 Å². The number of ether oxygens (including phenoxy) is 1. The number of rotatable bonds is 3. The van der Waals surface area contributed by atoms with E-state index >= 15 is 0 Å². The fourth-order valence-electron chi connectivity index (χ4n) is 0.539. The van der Waals surface area contributed by atoms with Crippen LogP contribution < -0.4 is 0 Å². The summed E-state index contributed by atoms with van der Waals surface area (Å²) in [6.07, 6.45) is 0.874. The van der Waals surface area contributed by atoms with Crippen LogP contribution in [-0.4, -0.2) is 42.3 Å². The first-order valence-corrected chi connectivity index (χ1v) is 3.78. The first-order valence-electron chi connectivity index (χ1n) is 3.78. The molecule has 0 aliphatic rings. The van der Waals surface area contributed by atoms with Gasteiger partial charge in [0, 0.05) is 13.0 Å². The molecule has 0 saturated heterocycles. The molecule has 0 aromatic heterocycles. The van der Waals surface area contributed by atoms with Gasteiger partial charge in [0.15, 0.2) is 0 Å². The number of hydrogen-bond donors (Lipinski definition) is 1. The molecule has 5 heteroatoms. The van der Waals surface area contributed by atoms with Gasteiger partial charge in [-0.25, -0.2) is 9.59 Å². The minimum atomic E-state index is -1.22. The predicted octanol–water partition coefficient (Wildman–Crippen LogP) is 0.329.